The van der Waals surface area contributed by atoms with Crippen LogP contribution in [0.15, 0.2) is 48.9 Å². The van der Waals surface area contributed by atoms with Crippen molar-refractivity contribution in [1.29, 1.82) is 0 Å². The van der Waals surface area contributed by atoms with Crippen LogP contribution in [0.1, 0.15) is 28.9 Å². The van der Waals surface area contributed by atoms with Crippen molar-refractivity contribution in [1.82, 2.24) is 25.3 Å². The van der Waals surface area contributed by atoms with E-state index in [1.54, 1.807) is 24.4 Å². The van der Waals surface area contributed by atoms with Gasteiger partial charge in [0.05, 0.1) is 17.8 Å². The lowest BCUT2D eigenvalue weighted by Gasteiger charge is -2.16. The fourth-order valence-corrected chi connectivity index (χ4v) is 3.09. The van der Waals surface area contributed by atoms with E-state index in [0.29, 0.717) is 22.2 Å². The monoisotopic (exact) mass is 408 g/mol. The van der Waals surface area contributed by atoms with E-state index in [1.807, 2.05) is 6.92 Å². The number of aromatic amines is 1. The number of halogens is 2. The van der Waals surface area contributed by atoms with E-state index in [-0.39, 0.29) is 29.4 Å². The lowest BCUT2D eigenvalue weighted by Crippen LogP contribution is -2.17. The Hall–Kier alpha value is -3.88. The molecular weight excluding hydrogens is 390 g/mol. The zero-order valence-electron chi connectivity index (χ0n) is 16.2. The largest absolute Gasteiger partial charge is 0.361 e. The number of carbonyl (C=O) groups is 1. The predicted octanol–water partition coefficient (Wildman–Crippen LogP) is 3.83. The van der Waals surface area contributed by atoms with Crippen molar-refractivity contribution in [3.8, 4) is 11.4 Å². The summed E-state index contributed by atoms with van der Waals surface area (Å²) in [5, 5.41) is 6.19. The van der Waals surface area contributed by atoms with E-state index in [4.69, 9.17) is 0 Å². The summed E-state index contributed by atoms with van der Waals surface area (Å²) in [5.41, 5.74) is 2.30. The highest BCUT2D eigenvalue weighted by atomic mass is 19.1. The first-order chi connectivity index (χ1) is 14.5. The molecule has 0 unspecified atom stereocenters. The van der Waals surface area contributed by atoms with Crippen LogP contribution in [-0.4, -0.2) is 32.9 Å². The quantitative estimate of drug-likeness (QED) is 0.466. The Balaban J connectivity index is 1.69. The summed E-state index contributed by atoms with van der Waals surface area (Å²) in [6.07, 6.45) is 4.20. The van der Waals surface area contributed by atoms with Gasteiger partial charge in [-0.25, -0.2) is 23.7 Å². The van der Waals surface area contributed by atoms with Crippen molar-refractivity contribution in [3.63, 3.8) is 0 Å². The molecule has 30 heavy (non-hydrogen) atoms. The molecule has 7 nitrogen and oxygen atoms in total. The molecule has 0 fully saturated rings. The first-order valence-electron chi connectivity index (χ1n) is 9.20. The Kier molecular flexibility index (Phi) is 5.09. The summed E-state index contributed by atoms with van der Waals surface area (Å²) >= 11 is 0. The van der Waals surface area contributed by atoms with Gasteiger partial charge in [-0.05, 0) is 30.7 Å². The fourth-order valence-electron chi connectivity index (χ4n) is 3.09. The highest BCUT2D eigenvalue weighted by Crippen LogP contribution is 2.28. The Morgan fingerprint density at radius 2 is 1.90 bits per heavy atom. The second-order valence-electron chi connectivity index (χ2n) is 6.71. The molecule has 0 aliphatic heterocycles. The Bertz CT molecular complexity index is 1220. The van der Waals surface area contributed by atoms with Crippen molar-refractivity contribution in [2.75, 3.05) is 12.4 Å². The van der Waals surface area contributed by atoms with Gasteiger partial charge in [0.25, 0.3) is 5.91 Å². The van der Waals surface area contributed by atoms with Crippen LogP contribution < -0.4 is 10.6 Å². The third kappa shape index (κ3) is 3.69. The number of nitrogens with zero attached hydrogens (tertiary/aromatic N) is 3. The van der Waals surface area contributed by atoms with E-state index < -0.39 is 5.82 Å². The van der Waals surface area contributed by atoms with Gasteiger partial charge in [-0.3, -0.25) is 4.79 Å². The molecule has 1 amide bonds. The highest BCUT2D eigenvalue weighted by molar-refractivity contribution is 6.00. The second-order valence-corrected chi connectivity index (χ2v) is 6.71. The van der Waals surface area contributed by atoms with E-state index in [0.717, 1.165) is 11.8 Å². The third-order valence-corrected chi connectivity index (χ3v) is 4.73. The molecule has 9 heteroatoms. The number of anilines is 1. The van der Waals surface area contributed by atoms with Gasteiger partial charge in [0.2, 0.25) is 0 Å². The van der Waals surface area contributed by atoms with E-state index >= 15 is 0 Å². The molecule has 4 rings (SSSR count). The number of hydrogen-bond acceptors (Lipinski definition) is 5. The van der Waals surface area contributed by atoms with Crippen molar-refractivity contribution in [3.05, 3.63) is 71.7 Å². The van der Waals surface area contributed by atoms with Crippen LogP contribution in [0.4, 0.5) is 14.6 Å². The number of amides is 1. The van der Waals surface area contributed by atoms with Gasteiger partial charge in [-0.2, -0.15) is 0 Å². The Labute approximate surface area is 170 Å². The number of carbonyl (C=O) groups excluding carboxylic acids is 1. The van der Waals surface area contributed by atoms with Gasteiger partial charge in [0.1, 0.15) is 11.5 Å². The van der Waals surface area contributed by atoms with Gasteiger partial charge in [0.15, 0.2) is 17.5 Å². The van der Waals surface area contributed by atoms with Crippen LogP contribution in [0.5, 0.6) is 0 Å². The minimum Gasteiger partial charge on any atom is -0.361 e. The van der Waals surface area contributed by atoms with Crippen LogP contribution >= 0.6 is 0 Å². The minimum atomic E-state index is -0.614. The molecule has 3 aromatic heterocycles. The summed E-state index contributed by atoms with van der Waals surface area (Å²) in [4.78, 5) is 27.6. The molecule has 0 radical (unpaired) electrons. The molecule has 3 N–H and O–H groups in total. The predicted molar refractivity (Wildman–Crippen MR) is 109 cm³/mol. The van der Waals surface area contributed by atoms with Gasteiger partial charge in [-0.15, -0.1) is 0 Å². The first kappa shape index (κ1) is 19.4. The van der Waals surface area contributed by atoms with Crippen LogP contribution in [0.3, 0.4) is 0 Å². The molecule has 0 aliphatic rings. The van der Waals surface area contributed by atoms with Crippen molar-refractivity contribution < 1.29 is 13.6 Å². The summed E-state index contributed by atoms with van der Waals surface area (Å²) in [5.74, 6) is -0.941. The first-order valence-corrected chi connectivity index (χ1v) is 9.20. The molecule has 0 aliphatic carbocycles. The van der Waals surface area contributed by atoms with Crippen LogP contribution in [-0.2, 0) is 0 Å². The number of fused-ring (bicyclic) bond motifs is 1. The SMILES string of the molecule is CNC(=O)c1cnc2[nH]cc(-c3ncc(F)c(N[C@@H](C)c4ccc(F)cc4)n3)c2c1. The number of benzene rings is 1. The second kappa shape index (κ2) is 7.86. The van der Waals surface area contributed by atoms with Crippen LogP contribution in [0.25, 0.3) is 22.4 Å². The normalized spacial score (nSPS) is 12.0. The maximum atomic E-state index is 14.4. The summed E-state index contributed by atoms with van der Waals surface area (Å²) in [6, 6.07) is 7.30. The van der Waals surface area contributed by atoms with Gasteiger partial charge in [-0.1, -0.05) is 12.1 Å². The van der Waals surface area contributed by atoms with E-state index in [1.165, 1.54) is 25.4 Å². The molecule has 0 spiro atoms. The molecule has 1 atom stereocenters. The molecule has 0 bridgehead atoms. The molecule has 1 aromatic carbocycles. The number of aromatic nitrogens is 4. The smallest absolute Gasteiger partial charge is 0.252 e. The molecule has 3 heterocycles. The maximum absolute atomic E-state index is 14.4. The Morgan fingerprint density at radius 3 is 2.63 bits per heavy atom. The van der Waals surface area contributed by atoms with Gasteiger partial charge in [0, 0.05) is 30.4 Å². The van der Waals surface area contributed by atoms with Gasteiger partial charge >= 0.3 is 0 Å². The van der Waals surface area contributed by atoms with E-state index in [2.05, 4.69) is 30.6 Å². The fraction of sp³-hybridized carbons (Fsp3) is 0.143. The lowest BCUT2D eigenvalue weighted by molar-refractivity contribution is 0.0963. The summed E-state index contributed by atoms with van der Waals surface area (Å²) in [7, 11) is 1.54. The standard InChI is InChI=1S/C21H18F2N6O/c1-11(12-3-5-14(22)6-4-12)28-20-17(23)10-27-19(29-20)16-9-26-18-15(16)7-13(8-25-18)21(30)24-2/h3-11H,1-2H3,(H,24,30)(H,25,26)(H,27,28,29)/t11-/m0/s1. The molecular formula is C21H18F2N6O. The summed E-state index contributed by atoms with van der Waals surface area (Å²) < 4.78 is 27.5. The topological polar surface area (TPSA) is 95.6 Å². The number of rotatable bonds is 5. The number of pyridine rings is 1. The third-order valence-electron chi connectivity index (χ3n) is 4.73. The maximum Gasteiger partial charge on any atom is 0.252 e. The zero-order chi connectivity index (χ0) is 21.3. The van der Waals surface area contributed by atoms with Crippen LogP contribution in [0, 0.1) is 11.6 Å². The average molecular weight is 408 g/mol. The van der Waals surface area contributed by atoms with Crippen molar-refractivity contribution in [2.24, 2.45) is 0 Å². The molecule has 0 saturated carbocycles. The van der Waals surface area contributed by atoms with Crippen molar-refractivity contribution >= 4 is 22.8 Å². The Morgan fingerprint density at radius 1 is 1.13 bits per heavy atom. The average Bonchev–Trinajstić information content (AvgIpc) is 3.18. The molecule has 0 saturated heterocycles. The number of H-pyrrole nitrogens is 1. The number of hydrogen-bond donors (Lipinski definition) is 3. The minimum absolute atomic E-state index is 0.0154. The van der Waals surface area contributed by atoms with Crippen molar-refractivity contribution in [2.45, 2.75) is 13.0 Å². The highest BCUT2D eigenvalue weighted by Gasteiger charge is 2.16. The number of nitrogens with one attached hydrogen (secondary N) is 3. The molecule has 4 aromatic rings. The zero-order valence-corrected chi connectivity index (χ0v) is 16.2. The lowest BCUT2D eigenvalue weighted by atomic mass is 10.1. The van der Waals surface area contributed by atoms with Gasteiger partial charge < -0.3 is 15.6 Å². The molecule has 152 valence electrons. The summed E-state index contributed by atoms with van der Waals surface area (Å²) in [6.45, 7) is 1.82. The van der Waals surface area contributed by atoms with Crippen LogP contribution in [0.2, 0.25) is 0 Å². The van der Waals surface area contributed by atoms with E-state index in [9.17, 15) is 13.6 Å².